The molecule has 3 aromatic rings. The zero-order valence-corrected chi connectivity index (χ0v) is 13.7. The number of halogens is 1. The molecule has 1 heterocycles. The maximum atomic E-state index is 13.3. The predicted molar refractivity (Wildman–Crippen MR) is 90.2 cm³/mol. The summed E-state index contributed by atoms with van der Waals surface area (Å²) in [5.74, 6) is -0.679. The Kier molecular flexibility index (Phi) is 5.20. The van der Waals surface area contributed by atoms with E-state index in [9.17, 15) is 9.18 Å². The zero-order valence-electron chi connectivity index (χ0n) is 13.7. The van der Waals surface area contributed by atoms with E-state index in [1.54, 1.807) is 19.2 Å². The van der Waals surface area contributed by atoms with Crippen molar-refractivity contribution < 1.29 is 18.4 Å². The maximum absolute atomic E-state index is 13.3. The normalized spacial score (nSPS) is 10.6. The van der Waals surface area contributed by atoms with Crippen molar-refractivity contribution in [3.63, 3.8) is 0 Å². The number of hydrogen-bond donors (Lipinski definition) is 1. The minimum atomic E-state index is -0.382. The van der Waals surface area contributed by atoms with Crippen molar-refractivity contribution in [2.45, 2.75) is 13.2 Å². The van der Waals surface area contributed by atoms with Gasteiger partial charge in [-0.15, -0.1) is 0 Å². The van der Waals surface area contributed by atoms with E-state index in [0.29, 0.717) is 24.4 Å². The van der Waals surface area contributed by atoms with Gasteiger partial charge in [0.15, 0.2) is 0 Å². The second kappa shape index (κ2) is 7.72. The molecule has 0 aliphatic heterocycles. The lowest BCUT2D eigenvalue weighted by Gasteiger charge is -2.05. The second-order valence-corrected chi connectivity index (χ2v) is 5.52. The van der Waals surface area contributed by atoms with Gasteiger partial charge in [0, 0.05) is 25.3 Å². The lowest BCUT2D eigenvalue weighted by Crippen LogP contribution is -2.22. The summed E-state index contributed by atoms with van der Waals surface area (Å²) in [6.45, 7) is 0.868. The van der Waals surface area contributed by atoms with Crippen LogP contribution in [-0.2, 0) is 17.9 Å². The van der Waals surface area contributed by atoms with E-state index in [0.717, 1.165) is 11.1 Å². The predicted octanol–water partition coefficient (Wildman–Crippen LogP) is 3.56. The lowest BCUT2D eigenvalue weighted by molar-refractivity contribution is 0.0914. The molecule has 6 heteroatoms. The third-order valence-corrected chi connectivity index (χ3v) is 3.61. The Bertz CT molecular complexity index is 876. The molecule has 0 fully saturated rings. The van der Waals surface area contributed by atoms with Gasteiger partial charge in [-0.3, -0.25) is 4.79 Å². The van der Waals surface area contributed by atoms with Gasteiger partial charge in [-0.25, -0.2) is 4.39 Å². The minimum Gasteiger partial charge on any atom is -0.380 e. The fourth-order valence-corrected chi connectivity index (χ4v) is 2.43. The van der Waals surface area contributed by atoms with Crippen molar-refractivity contribution >= 4 is 5.91 Å². The molecule has 0 radical (unpaired) electrons. The van der Waals surface area contributed by atoms with Crippen LogP contribution in [0.15, 0.2) is 59.1 Å². The van der Waals surface area contributed by atoms with Crippen LogP contribution in [0, 0.1) is 5.82 Å². The molecule has 25 heavy (non-hydrogen) atoms. The first kappa shape index (κ1) is 16.9. The van der Waals surface area contributed by atoms with E-state index in [2.05, 4.69) is 10.5 Å². The Morgan fingerprint density at radius 2 is 1.96 bits per heavy atom. The van der Waals surface area contributed by atoms with Crippen LogP contribution in [0.1, 0.15) is 21.7 Å². The second-order valence-electron chi connectivity index (χ2n) is 5.52. The molecule has 1 N–H and O–H groups in total. The molecule has 3 rings (SSSR count). The van der Waals surface area contributed by atoms with Gasteiger partial charge in [-0.2, -0.15) is 0 Å². The van der Waals surface area contributed by atoms with Crippen LogP contribution in [0.25, 0.3) is 11.3 Å². The summed E-state index contributed by atoms with van der Waals surface area (Å²) < 4.78 is 23.4. The van der Waals surface area contributed by atoms with Gasteiger partial charge in [0.2, 0.25) is 5.76 Å². The van der Waals surface area contributed by atoms with Gasteiger partial charge in [-0.05, 0) is 23.3 Å². The van der Waals surface area contributed by atoms with E-state index in [-0.39, 0.29) is 17.5 Å². The summed E-state index contributed by atoms with van der Waals surface area (Å²) in [5, 5.41) is 6.60. The molecule has 0 aliphatic rings. The Labute approximate surface area is 144 Å². The first-order chi connectivity index (χ1) is 12.2. The van der Waals surface area contributed by atoms with Crippen molar-refractivity contribution in [3.8, 4) is 11.3 Å². The first-order valence-corrected chi connectivity index (χ1v) is 7.73. The molecule has 0 saturated heterocycles. The number of rotatable bonds is 6. The van der Waals surface area contributed by atoms with E-state index < -0.39 is 0 Å². The number of hydrogen-bond acceptors (Lipinski definition) is 4. The van der Waals surface area contributed by atoms with Gasteiger partial charge in [0.05, 0.1) is 6.61 Å². The molecule has 0 spiro atoms. The Morgan fingerprint density at radius 1 is 1.16 bits per heavy atom. The van der Waals surface area contributed by atoms with Crippen LogP contribution >= 0.6 is 0 Å². The van der Waals surface area contributed by atoms with Crippen LogP contribution in [0.4, 0.5) is 4.39 Å². The van der Waals surface area contributed by atoms with E-state index in [1.807, 2.05) is 24.3 Å². The van der Waals surface area contributed by atoms with Crippen LogP contribution in [0.5, 0.6) is 0 Å². The van der Waals surface area contributed by atoms with Crippen molar-refractivity contribution in [3.05, 3.63) is 77.3 Å². The molecule has 128 valence electrons. The molecular weight excluding hydrogens is 323 g/mol. The quantitative estimate of drug-likeness (QED) is 0.745. The van der Waals surface area contributed by atoms with Crippen LogP contribution in [0.2, 0.25) is 0 Å². The number of carbonyl (C=O) groups excluding carboxylic acids is 1. The van der Waals surface area contributed by atoms with Crippen LogP contribution in [-0.4, -0.2) is 18.2 Å². The Hall–Kier alpha value is -2.99. The van der Waals surface area contributed by atoms with Crippen LogP contribution in [0.3, 0.4) is 0 Å². The highest BCUT2D eigenvalue weighted by molar-refractivity contribution is 5.92. The number of nitrogens with one attached hydrogen (secondary N) is 1. The fourth-order valence-electron chi connectivity index (χ4n) is 2.43. The number of carbonyl (C=O) groups is 1. The topological polar surface area (TPSA) is 64.4 Å². The highest BCUT2D eigenvalue weighted by Gasteiger charge is 2.14. The van der Waals surface area contributed by atoms with Crippen LogP contribution < -0.4 is 5.32 Å². The third-order valence-electron chi connectivity index (χ3n) is 3.61. The van der Waals surface area contributed by atoms with Gasteiger partial charge < -0.3 is 14.6 Å². The standard InChI is InChI=1S/C19H17FN2O3/c1-24-12-14-5-2-4-13(8-14)11-21-19(23)18-10-17(22-25-18)15-6-3-7-16(20)9-15/h2-10H,11-12H2,1H3,(H,21,23). The highest BCUT2D eigenvalue weighted by Crippen LogP contribution is 2.20. The Balaban J connectivity index is 1.65. The van der Waals surface area contributed by atoms with Crippen molar-refractivity contribution in [1.29, 1.82) is 0 Å². The number of amides is 1. The fraction of sp³-hybridized carbons (Fsp3) is 0.158. The number of methoxy groups -OCH3 is 1. The van der Waals surface area contributed by atoms with E-state index in [4.69, 9.17) is 9.26 Å². The van der Waals surface area contributed by atoms with Gasteiger partial charge >= 0.3 is 0 Å². The SMILES string of the molecule is COCc1cccc(CNC(=O)c2cc(-c3cccc(F)c3)no2)c1. The first-order valence-electron chi connectivity index (χ1n) is 7.73. The van der Waals surface area contributed by atoms with Crippen molar-refractivity contribution in [2.24, 2.45) is 0 Å². The van der Waals surface area contributed by atoms with Crippen molar-refractivity contribution in [2.75, 3.05) is 7.11 Å². The van der Waals surface area contributed by atoms with Gasteiger partial charge in [0.25, 0.3) is 5.91 Å². The third kappa shape index (κ3) is 4.30. The van der Waals surface area contributed by atoms with Gasteiger partial charge in [-0.1, -0.05) is 41.6 Å². The molecule has 0 saturated carbocycles. The van der Waals surface area contributed by atoms with Crippen molar-refractivity contribution in [1.82, 2.24) is 10.5 Å². The lowest BCUT2D eigenvalue weighted by atomic mass is 10.1. The number of benzene rings is 2. The summed E-state index contributed by atoms with van der Waals surface area (Å²) >= 11 is 0. The molecular formula is C19H17FN2O3. The maximum Gasteiger partial charge on any atom is 0.290 e. The average Bonchev–Trinajstić information content (AvgIpc) is 3.11. The molecule has 2 aromatic carbocycles. The number of ether oxygens (including phenoxy) is 1. The average molecular weight is 340 g/mol. The molecule has 1 amide bonds. The van der Waals surface area contributed by atoms with E-state index in [1.165, 1.54) is 18.2 Å². The molecule has 0 aliphatic carbocycles. The largest absolute Gasteiger partial charge is 0.380 e. The molecule has 0 bridgehead atoms. The molecule has 5 nitrogen and oxygen atoms in total. The zero-order chi connectivity index (χ0) is 17.6. The number of aromatic nitrogens is 1. The molecule has 0 unspecified atom stereocenters. The monoisotopic (exact) mass is 340 g/mol. The molecule has 1 aromatic heterocycles. The van der Waals surface area contributed by atoms with Gasteiger partial charge in [0.1, 0.15) is 11.5 Å². The highest BCUT2D eigenvalue weighted by atomic mass is 19.1. The summed E-state index contributed by atoms with van der Waals surface area (Å²) in [6, 6.07) is 15.2. The summed E-state index contributed by atoms with van der Waals surface area (Å²) in [5.41, 5.74) is 2.94. The Morgan fingerprint density at radius 3 is 2.76 bits per heavy atom. The molecule has 0 atom stereocenters. The summed E-state index contributed by atoms with van der Waals surface area (Å²) in [4.78, 5) is 12.2. The van der Waals surface area contributed by atoms with E-state index >= 15 is 0 Å². The minimum absolute atomic E-state index is 0.0762. The smallest absolute Gasteiger partial charge is 0.290 e. The summed E-state index contributed by atoms with van der Waals surface area (Å²) in [6.07, 6.45) is 0. The number of nitrogens with zero attached hydrogens (tertiary/aromatic N) is 1. The summed E-state index contributed by atoms with van der Waals surface area (Å²) in [7, 11) is 1.63.